The van der Waals surface area contributed by atoms with E-state index in [2.05, 4.69) is 6.07 Å². The molecule has 0 spiro atoms. The van der Waals surface area contributed by atoms with Gasteiger partial charge in [-0.05, 0) is 17.7 Å². The minimum absolute atomic E-state index is 0.00810. The summed E-state index contributed by atoms with van der Waals surface area (Å²) in [5, 5.41) is 9.09. The average molecular weight is 235 g/mol. The summed E-state index contributed by atoms with van der Waals surface area (Å²) in [6.45, 7) is 0.801. The molecule has 3 heteroatoms. The van der Waals surface area contributed by atoms with Crippen molar-refractivity contribution >= 4 is 11.8 Å². The first-order valence-electron chi connectivity index (χ1n) is 5.39. The lowest BCUT2D eigenvalue weighted by Gasteiger charge is -2.08. The molecule has 0 aliphatic heterocycles. The van der Waals surface area contributed by atoms with Crippen molar-refractivity contribution in [2.24, 2.45) is 0 Å². The summed E-state index contributed by atoms with van der Waals surface area (Å²) < 4.78 is 4.98. The molecule has 1 rings (SSSR count). The Balaban J connectivity index is 2.31. The molecule has 0 heterocycles. The van der Waals surface area contributed by atoms with Crippen LogP contribution in [0.2, 0.25) is 0 Å². The molecule has 0 aliphatic carbocycles. The van der Waals surface area contributed by atoms with Crippen LogP contribution in [0.5, 0.6) is 0 Å². The highest BCUT2D eigenvalue weighted by molar-refractivity contribution is 7.99. The van der Waals surface area contributed by atoms with E-state index in [0.717, 1.165) is 30.1 Å². The molecular weight excluding hydrogens is 218 g/mol. The van der Waals surface area contributed by atoms with Crippen molar-refractivity contribution in [3.05, 3.63) is 35.9 Å². The molecule has 0 amide bonds. The first-order chi connectivity index (χ1) is 7.88. The van der Waals surface area contributed by atoms with Gasteiger partial charge in [0.2, 0.25) is 0 Å². The van der Waals surface area contributed by atoms with Gasteiger partial charge in [-0.1, -0.05) is 30.3 Å². The maximum atomic E-state index is 9.09. The average Bonchev–Trinajstić information content (AvgIpc) is 2.35. The molecule has 0 saturated heterocycles. The summed E-state index contributed by atoms with van der Waals surface area (Å²) >= 11 is 1.82. The van der Waals surface area contributed by atoms with Gasteiger partial charge >= 0.3 is 0 Å². The number of hydrogen-bond donors (Lipinski definition) is 0. The van der Waals surface area contributed by atoms with Crippen LogP contribution in [-0.2, 0) is 4.74 Å². The van der Waals surface area contributed by atoms with Crippen molar-refractivity contribution in [3.63, 3.8) is 0 Å². The maximum Gasteiger partial charge on any atom is 0.0803 e. The van der Waals surface area contributed by atoms with E-state index >= 15 is 0 Å². The Morgan fingerprint density at radius 3 is 2.75 bits per heavy atom. The van der Waals surface area contributed by atoms with Crippen LogP contribution in [0.15, 0.2) is 30.3 Å². The van der Waals surface area contributed by atoms with Gasteiger partial charge in [-0.3, -0.25) is 0 Å². The van der Waals surface area contributed by atoms with Crippen LogP contribution < -0.4 is 0 Å². The predicted octanol–water partition coefficient (Wildman–Crippen LogP) is 3.06. The minimum atomic E-state index is 0.00810. The second-order valence-corrected chi connectivity index (χ2v) is 4.66. The third-order valence-corrected chi connectivity index (χ3v) is 3.43. The summed E-state index contributed by atoms with van der Waals surface area (Å²) in [5.41, 5.74) is 1.12. The Hall–Kier alpha value is -0.980. The summed E-state index contributed by atoms with van der Waals surface area (Å²) in [5.74, 6) is 1.93. The van der Waals surface area contributed by atoms with Gasteiger partial charge in [-0.25, -0.2) is 0 Å². The topological polar surface area (TPSA) is 33.0 Å². The molecule has 0 bridgehead atoms. The SMILES string of the molecule is COCCCSCC(C#N)c1ccccc1. The normalized spacial score (nSPS) is 12.0. The first kappa shape index (κ1) is 13.1. The predicted molar refractivity (Wildman–Crippen MR) is 68.6 cm³/mol. The number of hydrogen-bond acceptors (Lipinski definition) is 3. The highest BCUT2D eigenvalue weighted by Gasteiger charge is 2.09. The van der Waals surface area contributed by atoms with Gasteiger partial charge in [0, 0.05) is 19.5 Å². The zero-order valence-electron chi connectivity index (χ0n) is 9.56. The van der Waals surface area contributed by atoms with Gasteiger partial charge in [0.05, 0.1) is 12.0 Å². The zero-order chi connectivity index (χ0) is 11.6. The lowest BCUT2D eigenvalue weighted by molar-refractivity contribution is 0.200. The monoisotopic (exact) mass is 235 g/mol. The van der Waals surface area contributed by atoms with E-state index in [1.165, 1.54) is 0 Å². The third-order valence-electron chi connectivity index (χ3n) is 2.28. The van der Waals surface area contributed by atoms with Gasteiger partial charge in [0.1, 0.15) is 0 Å². The van der Waals surface area contributed by atoms with E-state index in [4.69, 9.17) is 10.00 Å². The molecule has 0 fully saturated rings. The number of ether oxygens (including phenoxy) is 1. The summed E-state index contributed by atoms with van der Waals surface area (Å²) in [6.07, 6.45) is 1.05. The molecule has 16 heavy (non-hydrogen) atoms. The van der Waals surface area contributed by atoms with E-state index in [0.29, 0.717) is 0 Å². The molecule has 1 aromatic rings. The fourth-order valence-corrected chi connectivity index (χ4v) is 2.39. The molecule has 0 N–H and O–H groups in total. The lowest BCUT2D eigenvalue weighted by Crippen LogP contribution is -2.00. The maximum absolute atomic E-state index is 9.09. The quantitative estimate of drug-likeness (QED) is 0.681. The third kappa shape index (κ3) is 4.69. The molecule has 2 nitrogen and oxygen atoms in total. The fourth-order valence-electron chi connectivity index (χ4n) is 1.40. The Morgan fingerprint density at radius 2 is 2.12 bits per heavy atom. The van der Waals surface area contributed by atoms with Crippen molar-refractivity contribution < 1.29 is 4.74 Å². The number of methoxy groups -OCH3 is 1. The number of rotatable bonds is 7. The molecule has 0 aromatic heterocycles. The van der Waals surface area contributed by atoms with E-state index < -0.39 is 0 Å². The number of benzene rings is 1. The van der Waals surface area contributed by atoms with Gasteiger partial charge in [-0.2, -0.15) is 17.0 Å². The second kappa shape index (κ2) is 8.20. The van der Waals surface area contributed by atoms with E-state index in [9.17, 15) is 0 Å². The molecule has 0 saturated carbocycles. The molecular formula is C13H17NOS. The Kier molecular flexibility index (Phi) is 6.71. The van der Waals surface area contributed by atoms with Crippen LogP contribution >= 0.6 is 11.8 Å². The van der Waals surface area contributed by atoms with Crippen molar-refractivity contribution in [3.8, 4) is 6.07 Å². The summed E-state index contributed by atoms with van der Waals surface area (Å²) in [6, 6.07) is 12.3. The molecule has 1 aromatic carbocycles. The highest BCUT2D eigenvalue weighted by atomic mass is 32.2. The summed E-state index contributed by atoms with van der Waals surface area (Å²) in [4.78, 5) is 0. The van der Waals surface area contributed by atoms with Crippen molar-refractivity contribution in [1.29, 1.82) is 5.26 Å². The van der Waals surface area contributed by atoms with E-state index in [-0.39, 0.29) is 5.92 Å². The number of thioether (sulfide) groups is 1. The van der Waals surface area contributed by atoms with Gasteiger partial charge in [0.15, 0.2) is 0 Å². The first-order valence-corrected chi connectivity index (χ1v) is 6.55. The molecule has 0 aliphatic rings. The standard InChI is InChI=1S/C13H17NOS/c1-15-8-5-9-16-11-13(10-14)12-6-3-2-4-7-12/h2-4,6-7,13H,5,8-9,11H2,1H3. The van der Waals surface area contributed by atoms with Crippen LogP contribution in [-0.4, -0.2) is 25.2 Å². The van der Waals surface area contributed by atoms with Crippen LogP contribution in [0.3, 0.4) is 0 Å². The Labute approximate surface area is 102 Å². The van der Waals surface area contributed by atoms with Crippen LogP contribution in [0.4, 0.5) is 0 Å². The van der Waals surface area contributed by atoms with Gasteiger partial charge in [0.25, 0.3) is 0 Å². The van der Waals surface area contributed by atoms with E-state index in [1.54, 1.807) is 7.11 Å². The van der Waals surface area contributed by atoms with Crippen molar-refractivity contribution in [2.45, 2.75) is 12.3 Å². The van der Waals surface area contributed by atoms with E-state index in [1.807, 2.05) is 42.1 Å². The minimum Gasteiger partial charge on any atom is -0.385 e. The Morgan fingerprint density at radius 1 is 1.38 bits per heavy atom. The molecule has 1 unspecified atom stereocenters. The van der Waals surface area contributed by atoms with Gasteiger partial charge in [-0.15, -0.1) is 0 Å². The largest absolute Gasteiger partial charge is 0.385 e. The smallest absolute Gasteiger partial charge is 0.0803 e. The lowest BCUT2D eigenvalue weighted by atomic mass is 10.0. The Bertz CT molecular complexity index is 320. The van der Waals surface area contributed by atoms with Crippen LogP contribution in [0, 0.1) is 11.3 Å². The molecule has 1 atom stereocenters. The van der Waals surface area contributed by atoms with Gasteiger partial charge < -0.3 is 4.74 Å². The second-order valence-electron chi connectivity index (χ2n) is 3.51. The number of nitriles is 1. The van der Waals surface area contributed by atoms with Crippen molar-refractivity contribution in [1.82, 2.24) is 0 Å². The fraction of sp³-hybridized carbons (Fsp3) is 0.462. The summed E-state index contributed by atoms with van der Waals surface area (Å²) in [7, 11) is 1.71. The zero-order valence-corrected chi connectivity index (χ0v) is 10.4. The van der Waals surface area contributed by atoms with Crippen LogP contribution in [0.1, 0.15) is 17.9 Å². The molecule has 0 radical (unpaired) electrons. The molecule has 86 valence electrons. The van der Waals surface area contributed by atoms with Crippen molar-refractivity contribution in [2.75, 3.05) is 25.2 Å². The van der Waals surface area contributed by atoms with Crippen LogP contribution in [0.25, 0.3) is 0 Å². The highest BCUT2D eigenvalue weighted by Crippen LogP contribution is 2.20. The number of nitrogens with zero attached hydrogens (tertiary/aromatic N) is 1.